The first-order valence-electron chi connectivity index (χ1n) is 10.0. The highest BCUT2D eigenvalue weighted by atomic mass is 16.2. The molecule has 3 aromatic rings. The monoisotopic (exact) mass is 386 g/mol. The molecule has 29 heavy (non-hydrogen) atoms. The van der Waals surface area contributed by atoms with E-state index in [9.17, 15) is 4.79 Å². The van der Waals surface area contributed by atoms with Gasteiger partial charge >= 0.3 is 0 Å². The molecule has 5 nitrogen and oxygen atoms in total. The summed E-state index contributed by atoms with van der Waals surface area (Å²) in [6.45, 7) is 9.11. The zero-order valence-electron chi connectivity index (χ0n) is 17.2. The fourth-order valence-corrected chi connectivity index (χ4v) is 3.76. The van der Waals surface area contributed by atoms with Crippen LogP contribution in [-0.4, -0.2) is 47.2 Å². The Hall–Kier alpha value is -3.21. The van der Waals surface area contributed by atoms with Crippen molar-refractivity contribution in [3.63, 3.8) is 0 Å². The van der Waals surface area contributed by atoms with Crippen LogP contribution in [0.15, 0.2) is 54.6 Å². The molecule has 4 rings (SSSR count). The third kappa shape index (κ3) is 4.14. The van der Waals surface area contributed by atoms with Gasteiger partial charge in [-0.25, -0.2) is 0 Å². The third-order valence-corrected chi connectivity index (χ3v) is 5.50. The van der Waals surface area contributed by atoms with Crippen LogP contribution in [0.4, 0.5) is 5.82 Å². The minimum Gasteiger partial charge on any atom is -0.352 e. The number of aryl methyl sites for hydroxylation is 3. The highest BCUT2D eigenvalue weighted by molar-refractivity contribution is 5.94. The van der Waals surface area contributed by atoms with Crippen LogP contribution < -0.4 is 4.90 Å². The molecule has 0 N–H and O–H groups in total. The number of carbonyl (C=O) groups is 1. The summed E-state index contributed by atoms with van der Waals surface area (Å²) >= 11 is 0. The van der Waals surface area contributed by atoms with Crippen LogP contribution in [0.5, 0.6) is 0 Å². The van der Waals surface area contributed by atoms with Crippen molar-refractivity contribution in [2.24, 2.45) is 0 Å². The molecule has 1 aromatic heterocycles. The van der Waals surface area contributed by atoms with Crippen LogP contribution >= 0.6 is 0 Å². The summed E-state index contributed by atoms with van der Waals surface area (Å²) in [5, 5.41) is 8.90. The van der Waals surface area contributed by atoms with Gasteiger partial charge < -0.3 is 9.80 Å². The number of hydrogen-bond acceptors (Lipinski definition) is 4. The van der Waals surface area contributed by atoms with Crippen molar-refractivity contribution < 1.29 is 4.79 Å². The van der Waals surface area contributed by atoms with Crippen LogP contribution in [-0.2, 0) is 0 Å². The number of piperazine rings is 1. The number of hydrogen-bond donors (Lipinski definition) is 0. The molecular weight excluding hydrogens is 360 g/mol. The number of rotatable bonds is 3. The summed E-state index contributed by atoms with van der Waals surface area (Å²) in [5.74, 6) is 0.960. The van der Waals surface area contributed by atoms with E-state index in [1.807, 2.05) is 48.2 Å². The Morgan fingerprint density at radius 3 is 2.10 bits per heavy atom. The van der Waals surface area contributed by atoms with E-state index in [1.165, 1.54) is 11.1 Å². The van der Waals surface area contributed by atoms with Gasteiger partial charge in [-0.15, -0.1) is 10.2 Å². The predicted molar refractivity (Wildman–Crippen MR) is 116 cm³/mol. The largest absolute Gasteiger partial charge is 0.352 e. The molecule has 148 valence electrons. The second kappa shape index (κ2) is 8.03. The van der Waals surface area contributed by atoms with E-state index in [0.717, 1.165) is 41.3 Å². The Bertz CT molecular complexity index is 1000. The number of aromatic nitrogens is 2. The molecule has 1 aliphatic rings. The van der Waals surface area contributed by atoms with Gasteiger partial charge in [-0.1, -0.05) is 41.5 Å². The van der Waals surface area contributed by atoms with Crippen LogP contribution in [0.2, 0.25) is 0 Å². The normalized spacial score (nSPS) is 14.2. The van der Waals surface area contributed by atoms with Crippen molar-refractivity contribution in [2.45, 2.75) is 20.8 Å². The molecule has 1 amide bonds. The van der Waals surface area contributed by atoms with Gasteiger partial charge in [0.1, 0.15) is 0 Å². The minimum absolute atomic E-state index is 0.0981. The van der Waals surface area contributed by atoms with E-state index in [1.54, 1.807) is 0 Å². The first-order valence-corrected chi connectivity index (χ1v) is 10.0. The summed E-state index contributed by atoms with van der Waals surface area (Å²) in [5.41, 5.74) is 6.36. The molecule has 2 heterocycles. The molecule has 0 bridgehead atoms. The molecular formula is C24H26N4O. The van der Waals surface area contributed by atoms with Gasteiger partial charge in [-0.2, -0.15) is 0 Å². The van der Waals surface area contributed by atoms with Gasteiger partial charge in [-0.05, 0) is 50.6 Å². The molecule has 0 aliphatic carbocycles. The maximum atomic E-state index is 12.7. The van der Waals surface area contributed by atoms with E-state index in [0.29, 0.717) is 13.1 Å². The Morgan fingerprint density at radius 2 is 1.48 bits per heavy atom. The van der Waals surface area contributed by atoms with Crippen LogP contribution in [0, 0.1) is 20.8 Å². The molecule has 0 spiro atoms. The lowest BCUT2D eigenvalue weighted by Gasteiger charge is -2.35. The quantitative estimate of drug-likeness (QED) is 0.682. The van der Waals surface area contributed by atoms with E-state index >= 15 is 0 Å². The van der Waals surface area contributed by atoms with Crippen molar-refractivity contribution >= 4 is 11.7 Å². The highest BCUT2D eigenvalue weighted by Gasteiger charge is 2.23. The lowest BCUT2D eigenvalue weighted by atomic mass is 10.0. The second-order valence-corrected chi connectivity index (χ2v) is 7.74. The van der Waals surface area contributed by atoms with Crippen molar-refractivity contribution in [3.05, 3.63) is 76.9 Å². The maximum absolute atomic E-state index is 12.7. The first kappa shape index (κ1) is 19.1. The van der Waals surface area contributed by atoms with Crippen molar-refractivity contribution in [3.8, 4) is 11.3 Å². The lowest BCUT2D eigenvalue weighted by Crippen LogP contribution is -2.49. The molecule has 0 saturated carbocycles. The van der Waals surface area contributed by atoms with Crippen molar-refractivity contribution in [1.82, 2.24) is 15.1 Å². The molecule has 2 aromatic carbocycles. The van der Waals surface area contributed by atoms with E-state index in [-0.39, 0.29) is 5.91 Å². The number of anilines is 1. The van der Waals surface area contributed by atoms with E-state index < -0.39 is 0 Å². The standard InChI is InChI=1S/C24H26N4O/c1-17-4-7-20(8-5-17)24(29)28-14-12-27(13-15-28)23-11-10-22(25-26-23)21-9-6-18(2)16-19(21)3/h4-11,16H,12-15H2,1-3H3. The Balaban J connectivity index is 1.41. The number of amides is 1. The van der Waals surface area contributed by atoms with Crippen LogP contribution in [0.1, 0.15) is 27.0 Å². The summed E-state index contributed by atoms with van der Waals surface area (Å²) in [4.78, 5) is 16.8. The highest BCUT2D eigenvalue weighted by Crippen LogP contribution is 2.23. The smallest absolute Gasteiger partial charge is 0.253 e. The molecule has 0 atom stereocenters. The Kier molecular flexibility index (Phi) is 5.30. The van der Waals surface area contributed by atoms with Gasteiger partial charge in [0.15, 0.2) is 5.82 Å². The molecule has 5 heteroatoms. The Morgan fingerprint density at radius 1 is 0.793 bits per heavy atom. The van der Waals surface area contributed by atoms with E-state index in [2.05, 4.69) is 47.1 Å². The molecule has 1 aliphatic heterocycles. The van der Waals surface area contributed by atoms with Crippen molar-refractivity contribution in [2.75, 3.05) is 31.1 Å². The maximum Gasteiger partial charge on any atom is 0.253 e. The average molecular weight is 386 g/mol. The summed E-state index contributed by atoms with van der Waals surface area (Å²) in [6.07, 6.45) is 0. The fourth-order valence-electron chi connectivity index (χ4n) is 3.76. The molecule has 1 saturated heterocycles. The first-order chi connectivity index (χ1) is 14.0. The lowest BCUT2D eigenvalue weighted by molar-refractivity contribution is 0.0746. The topological polar surface area (TPSA) is 49.3 Å². The minimum atomic E-state index is 0.0981. The predicted octanol–water partition coefficient (Wildman–Crippen LogP) is 4.03. The van der Waals surface area contributed by atoms with Gasteiger partial charge in [0.2, 0.25) is 0 Å². The van der Waals surface area contributed by atoms with Gasteiger partial charge in [0.25, 0.3) is 5.91 Å². The van der Waals surface area contributed by atoms with Gasteiger partial charge in [0, 0.05) is 37.3 Å². The summed E-state index contributed by atoms with van der Waals surface area (Å²) in [7, 11) is 0. The average Bonchev–Trinajstić information content (AvgIpc) is 2.74. The number of carbonyl (C=O) groups excluding carboxylic acids is 1. The van der Waals surface area contributed by atoms with Crippen LogP contribution in [0.25, 0.3) is 11.3 Å². The second-order valence-electron chi connectivity index (χ2n) is 7.74. The third-order valence-electron chi connectivity index (χ3n) is 5.50. The fraction of sp³-hybridized carbons (Fsp3) is 0.292. The zero-order valence-corrected chi connectivity index (χ0v) is 17.2. The zero-order chi connectivity index (χ0) is 20.4. The SMILES string of the molecule is Cc1ccc(C(=O)N2CCN(c3ccc(-c4ccc(C)cc4C)nn3)CC2)cc1. The summed E-state index contributed by atoms with van der Waals surface area (Å²) in [6, 6.07) is 18.2. The molecule has 0 radical (unpaired) electrons. The Labute approximate surface area is 172 Å². The summed E-state index contributed by atoms with van der Waals surface area (Å²) < 4.78 is 0. The van der Waals surface area contributed by atoms with Gasteiger partial charge in [0.05, 0.1) is 5.69 Å². The number of benzene rings is 2. The van der Waals surface area contributed by atoms with E-state index in [4.69, 9.17) is 0 Å². The molecule has 1 fully saturated rings. The molecule has 0 unspecified atom stereocenters. The number of nitrogens with zero attached hydrogens (tertiary/aromatic N) is 4. The van der Waals surface area contributed by atoms with Crippen molar-refractivity contribution in [1.29, 1.82) is 0 Å². The van der Waals surface area contributed by atoms with Crippen LogP contribution in [0.3, 0.4) is 0 Å². The van der Waals surface area contributed by atoms with Gasteiger partial charge in [-0.3, -0.25) is 4.79 Å².